The maximum atomic E-state index is 8.93. The molecule has 1 atom stereocenters. The van der Waals surface area contributed by atoms with Crippen LogP contribution in [-0.2, 0) is 13.6 Å². The minimum atomic E-state index is -0.000880. The number of nitrogens with one attached hydrogen (secondary N) is 1. The van der Waals surface area contributed by atoms with Crippen LogP contribution < -0.4 is 14.8 Å². The molecule has 0 saturated carbocycles. The molecule has 2 heterocycles. The summed E-state index contributed by atoms with van der Waals surface area (Å²) < 4.78 is 13.4. The zero-order valence-electron chi connectivity index (χ0n) is 11.9. The fourth-order valence-corrected chi connectivity index (χ4v) is 2.38. The van der Waals surface area contributed by atoms with Crippen LogP contribution in [0, 0.1) is 11.3 Å². The van der Waals surface area contributed by atoms with Crippen molar-refractivity contribution < 1.29 is 9.47 Å². The molecule has 1 N–H and O–H groups in total. The number of rotatable bonds is 4. The first-order valence-electron chi connectivity index (χ1n) is 6.91. The summed E-state index contributed by atoms with van der Waals surface area (Å²) in [5.41, 5.74) is 1.75. The van der Waals surface area contributed by atoms with Crippen molar-refractivity contribution in [1.82, 2.24) is 9.88 Å². The molecular formula is C16H17N3O2. The van der Waals surface area contributed by atoms with Gasteiger partial charge in [-0.2, -0.15) is 5.26 Å². The summed E-state index contributed by atoms with van der Waals surface area (Å²) in [4.78, 5) is 0. The molecule has 21 heavy (non-hydrogen) atoms. The van der Waals surface area contributed by atoms with Crippen molar-refractivity contribution in [3.05, 3.63) is 47.8 Å². The molecule has 1 aromatic heterocycles. The number of aryl methyl sites for hydroxylation is 1. The normalized spacial score (nSPS) is 16.5. The third-order valence-electron chi connectivity index (χ3n) is 3.44. The number of benzene rings is 1. The van der Waals surface area contributed by atoms with Gasteiger partial charge in [-0.25, -0.2) is 0 Å². The molecule has 0 spiro atoms. The zero-order chi connectivity index (χ0) is 14.7. The third-order valence-corrected chi connectivity index (χ3v) is 3.44. The molecule has 0 fully saturated rings. The van der Waals surface area contributed by atoms with Gasteiger partial charge in [-0.15, -0.1) is 0 Å². The van der Waals surface area contributed by atoms with Gasteiger partial charge in [-0.1, -0.05) is 12.1 Å². The number of hydrogen-bond donors (Lipinski definition) is 1. The summed E-state index contributed by atoms with van der Waals surface area (Å²) in [7, 11) is 1.87. The predicted octanol–water partition coefficient (Wildman–Crippen LogP) is 1.83. The van der Waals surface area contributed by atoms with E-state index in [4.69, 9.17) is 14.7 Å². The van der Waals surface area contributed by atoms with Crippen LogP contribution in [0.25, 0.3) is 0 Å². The molecule has 108 valence electrons. The maximum Gasteiger partial charge on any atom is 0.161 e. The summed E-state index contributed by atoms with van der Waals surface area (Å²) in [5.74, 6) is 1.59. The lowest BCUT2D eigenvalue weighted by molar-refractivity contribution is 0.0902. The molecule has 0 saturated heterocycles. The quantitative estimate of drug-likeness (QED) is 0.930. The molecule has 5 heteroatoms. The van der Waals surface area contributed by atoms with Crippen LogP contribution in [0.5, 0.6) is 11.5 Å². The van der Waals surface area contributed by atoms with Crippen molar-refractivity contribution in [2.45, 2.75) is 12.6 Å². The van der Waals surface area contributed by atoms with Crippen LogP contribution in [0.3, 0.4) is 0 Å². The summed E-state index contributed by atoms with van der Waals surface area (Å²) in [5, 5.41) is 12.3. The Morgan fingerprint density at radius 2 is 2.19 bits per heavy atom. The van der Waals surface area contributed by atoms with Gasteiger partial charge in [0.2, 0.25) is 0 Å². The molecule has 1 aliphatic rings. The zero-order valence-corrected chi connectivity index (χ0v) is 11.9. The van der Waals surface area contributed by atoms with Crippen LogP contribution >= 0.6 is 0 Å². The second-order valence-corrected chi connectivity index (χ2v) is 5.08. The highest BCUT2D eigenvalue weighted by Crippen LogP contribution is 2.30. The second kappa shape index (κ2) is 5.90. The van der Waals surface area contributed by atoms with Gasteiger partial charge in [0.1, 0.15) is 24.5 Å². The first-order chi connectivity index (χ1) is 10.3. The molecule has 0 amide bonds. The van der Waals surface area contributed by atoms with Crippen LogP contribution in [-0.4, -0.2) is 23.8 Å². The van der Waals surface area contributed by atoms with E-state index in [1.807, 2.05) is 48.1 Å². The first-order valence-corrected chi connectivity index (χ1v) is 6.91. The molecule has 0 aliphatic carbocycles. The van der Waals surface area contributed by atoms with Gasteiger partial charge in [-0.05, 0) is 23.8 Å². The molecule has 1 aliphatic heterocycles. The fourth-order valence-electron chi connectivity index (χ4n) is 2.38. The molecule has 5 nitrogen and oxygen atoms in total. The Bertz CT molecular complexity index is 672. The molecule has 3 rings (SSSR count). The SMILES string of the molecule is Cn1cc(CNCC2COc3ccccc3O2)cc1C#N. The molecule has 0 bridgehead atoms. The number of para-hydroxylation sites is 2. The smallest absolute Gasteiger partial charge is 0.161 e. The van der Waals surface area contributed by atoms with E-state index in [1.165, 1.54) is 0 Å². The minimum Gasteiger partial charge on any atom is -0.486 e. The molecule has 1 aromatic carbocycles. The van der Waals surface area contributed by atoms with Crippen molar-refractivity contribution >= 4 is 0 Å². The minimum absolute atomic E-state index is 0.000880. The van der Waals surface area contributed by atoms with E-state index in [9.17, 15) is 0 Å². The van der Waals surface area contributed by atoms with E-state index in [1.54, 1.807) is 0 Å². The van der Waals surface area contributed by atoms with E-state index in [0.29, 0.717) is 25.4 Å². The average molecular weight is 283 g/mol. The van der Waals surface area contributed by atoms with E-state index < -0.39 is 0 Å². The van der Waals surface area contributed by atoms with Gasteiger partial charge < -0.3 is 19.4 Å². The van der Waals surface area contributed by atoms with Crippen molar-refractivity contribution in [2.75, 3.05) is 13.2 Å². The molecule has 2 aromatic rings. The Hall–Kier alpha value is -2.45. The number of hydrogen-bond acceptors (Lipinski definition) is 4. The maximum absolute atomic E-state index is 8.93. The highest BCUT2D eigenvalue weighted by molar-refractivity contribution is 5.40. The van der Waals surface area contributed by atoms with E-state index in [2.05, 4.69) is 11.4 Å². The topological polar surface area (TPSA) is 59.2 Å². The van der Waals surface area contributed by atoms with Crippen molar-refractivity contribution in [1.29, 1.82) is 5.26 Å². The Morgan fingerprint density at radius 3 is 2.95 bits per heavy atom. The van der Waals surface area contributed by atoms with Crippen LogP contribution in [0.2, 0.25) is 0 Å². The lowest BCUT2D eigenvalue weighted by Crippen LogP contribution is -2.38. The summed E-state index contributed by atoms with van der Waals surface area (Å²) in [6, 6.07) is 11.7. The lowest BCUT2D eigenvalue weighted by Gasteiger charge is -2.26. The largest absolute Gasteiger partial charge is 0.486 e. The third kappa shape index (κ3) is 3.01. The van der Waals surface area contributed by atoms with Gasteiger partial charge in [0.15, 0.2) is 11.5 Å². The van der Waals surface area contributed by atoms with Crippen molar-refractivity contribution in [2.24, 2.45) is 7.05 Å². The number of ether oxygens (including phenoxy) is 2. The number of aromatic nitrogens is 1. The van der Waals surface area contributed by atoms with Crippen LogP contribution in [0.15, 0.2) is 36.5 Å². The van der Waals surface area contributed by atoms with E-state index in [0.717, 1.165) is 17.1 Å². The summed E-state index contributed by atoms with van der Waals surface area (Å²) in [6.07, 6.45) is 1.96. The Kier molecular flexibility index (Phi) is 3.80. The molecule has 0 radical (unpaired) electrons. The summed E-state index contributed by atoms with van der Waals surface area (Å²) in [6.45, 7) is 1.95. The van der Waals surface area contributed by atoms with Crippen molar-refractivity contribution in [3.63, 3.8) is 0 Å². The number of fused-ring (bicyclic) bond motifs is 1. The number of nitrogens with zero attached hydrogens (tertiary/aromatic N) is 2. The standard InChI is InChI=1S/C16H17N3O2/c1-19-10-12(6-13(19)7-17)8-18-9-14-11-20-15-4-2-3-5-16(15)21-14/h2-6,10,14,18H,8-9,11H2,1H3. The fraction of sp³-hybridized carbons (Fsp3) is 0.312. The lowest BCUT2D eigenvalue weighted by atomic mass is 10.2. The Morgan fingerprint density at radius 1 is 1.38 bits per heavy atom. The predicted molar refractivity (Wildman–Crippen MR) is 78.2 cm³/mol. The highest BCUT2D eigenvalue weighted by Gasteiger charge is 2.19. The molecule has 1 unspecified atom stereocenters. The van der Waals surface area contributed by atoms with Gasteiger partial charge in [0.05, 0.1) is 0 Å². The van der Waals surface area contributed by atoms with E-state index >= 15 is 0 Å². The Labute approximate surface area is 123 Å². The van der Waals surface area contributed by atoms with Crippen molar-refractivity contribution in [3.8, 4) is 17.6 Å². The number of nitriles is 1. The van der Waals surface area contributed by atoms with E-state index in [-0.39, 0.29) is 6.10 Å². The monoisotopic (exact) mass is 283 g/mol. The van der Waals surface area contributed by atoms with Gasteiger partial charge in [-0.3, -0.25) is 0 Å². The highest BCUT2D eigenvalue weighted by atomic mass is 16.6. The average Bonchev–Trinajstić information content (AvgIpc) is 2.87. The van der Waals surface area contributed by atoms with Crippen LogP contribution in [0.1, 0.15) is 11.3 Å². The van der Waals surface area contributed by atoms with Gasteiger partial charge in [0, 0.05) is 26.3 Å². The second-order valence-electron chi connectivity index (χ2n) is 5.08. The van der Waals surface area contributed by atoms with Gasteiger partial charge >= 0.3 is 0 Å². The van der Waals surface area contributed by atoms with Crippen LogP contribution in [0.4, 0.5) is 0 Å². The first kappa shape index (κ1) is 13.5. The Balaban J connectivity index is 1.51. The molecular weight excluding hydrogens is 266 g/mol. The van der Waals surface area contributed by atoms with Gasteiger partial charge in [0.25, 0.3) is 0 Å². The summed E-state index contributed by atoms with van der Waals surface area (Å²) >= 11 is 0.